The van der Waals surface area contributed by atoms with Gasteiger partial charge in [0.1, 0.15) is 23.0 Å². The van der Waals surface area contributed by atoms with Gasteiger partial charge in [-0.1, -0.05) is 11.6 Å². The van der Waals surface area contributed by atoms with E-state index < -0.39 is 6.04 Å². The van der Waals surface area contributed by atoms with Crippen molar-refractivity contribution in [3.8, 4) is 6.07 Å². The van der Waals surface area contributed by atoms with E-state index in [0.29, 0.717) is 17.4 Å². The van der Waals surface area contributed by atoms with Crippen LogP contribution in [0, 0.1) is 11.3 Å². The largest absolute Gasteiger partial charge is 0.357 e. The zero-order valence-corrected chi connectivity index (χ0v) is 10.7. The first-order chi connectivity index (χ1) is 8.61. The van der Waals surface area contributed by atoms with E-state index in [2.05, 4.69) is 15.6 Å². The van der Waals surface area contributed by atoms with Crippen molar-refractivity contribution < 1.29 is 4.79 Å². The van der Waals surface area contributed by atoms with Gasteiger partial charge in [0.2, 0.25) is 5.91 Å². The summed E-state index contributed by atoms with van der Waals surface area (Å²) in [6.07, 6.45) is 3.57. The number of nitrogens with zero attached hydrogens (tertiary/aromatic N) is 2. The molecule has 1 fully saturated rings. The van der Waals surface area contributed by atoms with Gasteiger partial charge in [0, 0.05) is 12.2 Å². The molecule has 1 heterocycles. The van der Waals surface area contributed by atoms with Crippen molar-refractivity contribution >= 4 is 23.3 Å². The van der Waals surface area contributed by atoms with Crippen LogP contribution in [-0.2, 0) is 4.79 Å². The minimum atomic E-state index is -0.440. The van der Waals surface area contributed by atoms with Crippen LogP contribution in [0.5, 0.6) is 0 Å². The van der Waals surface area contributed by atoms with Gasteiger partial charge in [0.25, 0.3) is 0 Å². The molecule has 1 atom stereocenters. The molecule has 0 aromatic carbocycles. The topological polar surface area (TPSA) is 77.8 Å². The summed E-state index contributed by atoms with van der Waals surface area (Å²) in [5.74, 6) is 0.270. The molecule has 2 rings (SSSR count). The number of carbonyl (C=O) groups excluding carboxylic acids is 1. The Bertz CT molecular complexity index is 507. The van der Waals surface area contributed by atoms with Crippen LogP contribution in [0.1, 0.15) is 25.3 Å². The fourth-order valence-corrected chi connectivity index (χ4v) is 1.66. The summed E-state index contributed by atoms with van der Waals surface area (Å²) in [4.78, 5) is 15.8. The fourth-order valence-electron chi connectivity index (χ4n) is 1.46. The van der Waals surface area contributed by atoms with Crippen molar-refractivity contribution in [2.24, 2.45) is 0 Å². The van der Waals surface area contributed by atoms with Crippen molar-refractivity contribution in [3.05, 3.63) is 22.8 Å². The van der Waals surface area contributed by atoms with Gasteiger partial charge in [0.15, 0.2) is 0 Å². The Morgan fingerprint density at radius 1 is 1.67 bits per heavy atom. The highest BCUT2D eigenvalue weighted by Crippen LogP contribution is 2.23. The molecular weight excluding hydrogens is 252 g/mol. The molecule has 1 aromatic rings. The summed E-state index contributed by atoms with van der Waals surface area (Å²) < 4.78 is 0. The third kappa shape index (κ3) is 2.90. The zero-order chi connectivity index (χ0) is 13.1. The number of aromatic nitrogens is 1. The molecule has 0 radical (unpaired) electrons. The van der Waals surface area contributed by atoms with Crippen LogP contribution in [0.15, 0.2) is 12.3 Å². The van der Waals surface area contributed by atoms with E-state index in [1.54, 1.807) is 6.92 Å². The molecule has 0 saturated heterocycles. The maximum Gasteiger partial charge on any atom is 0.242 e. The summed E-state index contributed by atoms with van der Waals surface area (Å²) in [5.41, 5.74) is 0.337. The molecule has 18 heavy (non-hydrogen) atoms. The first kappa shape index (κ1) is 12.7. The highest BCUT2D eigenvalue weighted by molar-refractivity contribution is 6.34. The van der Waals surface area contributed by atoms with Crippen molar-refractivity contribution in [1.82, 2.24) is 10.3 Å². The number of carbonyl (C=O) groups is 1. The van der Waals surface area contributed by atoms with E-state index in [-0.39, 0.29) is 10.9 Å². The van der Waals surface area contributed by atoms with Crippen LogP contribution in [0.2, 0.25) is 5.02 Å². The zero-order valence-electron chi connectivity index (χ0n) is 9.90. The highest BCUT2D eigenvalue weighted by atomic mass is 35.5. The van der Waals surface area contributed by atoms with Crippen molar-refractivity contribution in [2.45, 2.75) is 31.8 Å². The lowest BCUT2D eigenvalue weighted by molar-refractivity contribution is -0.121. The summed E-state index contributed by atoms with van der Waals surface area (Å²) in [6, 6.07) is 3.37. The number of hydrogen-bond acceptors (Lipinski definition) is 4. The third-order valence-corrected chi connectivity index (χ3v) is 3.06. The Kier molecular flexibility index (Phi) is 3.68. The summed E-state index contributed by atoms with van der Waals surface area (Å²) >= 11 is 6.00. The van der Waals surface area contributed by atoms with E-state index >= 15 is 0 Å². The Labute approximate surface area is 110 Å². The van der Waals surface area contributed by atoms with Crippen molar-refractivity contribution in [1.29, 1.82) is 5.26 Å². The molecular formula is C12H13ClN4O. The molecule has 5 nitrogen and oxygen atoms in total. The standard InChI is InChI=1S/C12H13ClN4O/c1-7(12(18)17-9-2-3-9)16-11-10(13)8(6-14)4-5-15-11/h4-5,7,9H,2-3H2,1H3,(H,15,16)(H,17,18). The molecule has 1 amide bonds. The second kappa shape index (κ2) is 5.23. The summed E-state index contributed by atoms with van der Waals surface area (Å²) in [5, 5.41) is 14.9. The molecule has 0 spiro atoms. The Balaban J connectivity index is 2.04. The van der Waals surface area contributed by atoms with Crippen molar-refractivity contribution in [2.75, 3.05) is 5.32 Å². The summed E-state index contributed by atoms with van der Waals surface area (Å²) in [7, 11) is 0. The minimum Gasteiger partial charge on any atom is -0.357 e. The maximum atomic E-state index is 11.8. The van der Waals surface area contributed by atoms with E-state index in [9.17, 15) is 4.79 Å². The number of nitrogens with one attached hydrogen (secondary N) is 2. The molecule has 1 aliphatic carbocycles. The second-order valence-electron chi connectivity index (χ2n) is 4.28. The predicted octanol–water partition coefficient (Wildman–Crippen LogP) is 1.69. The van der Waals surface area contributed by atoms with Crippen LogP contribution in [0.3, 0.4) is 0 Å². The monoisotopic (exact) mass is 264 g/mol. The molecule has 6 heteroatoms. The summed E-state index contributed by atoms with van der Waals surface area (Å²) in [6.45, 7) is 1.73. The lowest BCUT2D eigenvalue weighted by atomic mass is 10.2. The Hall–Kier alpha value is -1.80. The molecule has 1 aliphatic rings. The number of amides is 1. The number of pyridine rings is 1. The number of hydrogen-bond donors (Lipinski definition) is 2. The fraction of sp³-hybridized carbons (Fsp3) is 0.417. The number of halogens is 1. The van der Waals surface area contributed by atoms with E-state index in [0.717, 1.165) is 12.8 Å². The minimum absolute atomic E-state index is 0.0854. The van der Waals surface area contributed by atoms with Crippen LogP contribution >= 0.6 is 11.6 Å². The average Bonchev–Trinajstić information content (AvgIpc) is 3.15. The Morgan fingerprint density at radius 3 is 3.00 bits per heavy atom. The predicted molar refractivity (Wildman–Crippen MR) is 68.2 cm³/mol. The van der Waals surface area contributed by atoms with Crippen LogP contribution < -0.4 is 10.6 Å². The van der Waals surface area contributed by atoms with Gasteiger partial charge >= 0.3 is 0 Å². The van der Waals surface area contributed by atoms with Crippen LogP contribution in [-0.4, -0.2) is 23.0 Å². The molecule has 0 bridgehead atoms. The van der Waals surface area contributed by atoms with Gasteiger partial charge in [-0.05, 0) is 25.8 Å². The quantitative estimate of drug-likeness (QED) is 0.867. The lowest BCUT2D eigenvalue weighted by Crippen LogP contribution is -2.38. The highest BCUT2D eigenvalue weighted by Gasteiger charge is 2.26. The molecule has 0 aliphatic heterocycles. The van der Waals surface area contributed by atoms with Gasteiger partial charge in [0.05, 0.1) is 5.56 Å². The second-order valence-corrected chi connectivity index (χ2v) is 4.66. The molecule has 94 valence electrons. The number of nitriles is 1. The Morgan fingerprint density at radius 2 is 2.39 bits per heavy atom. The molecule has 1 aromatic heterocycles. The molecule has 1 unspecified atom stereocenters. The SMILES string of the molecule is CC(Nc1nccc(C#N)c1Cl)C(=O)NC1CC1. The van der Waals surface area contributed by atoms with Gasteiger partial charge in [-0.2, -0.15) is 5.26 Å². The van der Waals surface area contributed by atoms with Gasteiger partial charge in [-0.3, -0.25) is 4.79 Å². The van der Waals surface area contributed by atoms with Gasteiger partial charge < -0.3 is 10.6 Å². The molecule has 2 N–H and O–H groups in total. The first-order valence-corrected chi connectivity index (χ1v) is 6.11. The van der Waals surface area contributed by atoms with E-state index in [1.165, 1.54) is 12.3 Å². The van der Waals surface area contributed by atoms with Crippen molar-refractivity contribution in [3.63, 3.8) is 0 Å². The smallest absolute Gasteiger partial charge is 0.242 e. The van der Waals surface area contributed by atoms with E-state index in [1.807, 2.05) is 6.07 Å². The van der Waals surface area contributed by atoms with Crippen LogP contribution in [0.4, 0.5) is 5.82 Å². The molecule has 1 saturated carbocycles. The van der Waals surface area contributed by atoms with E-state index in [4.69, 9.17) is 16.9 Å². The normalized spacial score (nSPS) is 15.6. The van der Waals surface area contributed by atoms with Gasteiger partial charge in [-0.15, -0.1) is 0 Å². The van der Waals surface area contributed by atoms with Crippen LogP contribution in [0.25, 0.3) is 0 Å². The average molecular weight is 265 g/mol. The number of anilines is 1. The number of rotatable bonds is 4. The lowest BCUT2D eigenvalue weighted by Gasteiger charge is -2.15. The first-order valence-electron chi connectivity index (χ1n) is 5.73. The van der Waals surface area contributed by atoms with Gasteiger partial charge in [-0.25, -0.2) is 4.98 Å². The maximum absolute atomic E-state index is 11.8. The third-order valence-electron chi connectivity index (χ3n) is 2.68.